The normalized spacial score (nSPS) is 24.3. The second-order valence-electron chi connectivity index (χ2n) is 5.23. The summed E-state index contributed by atoms with van der Waals surface area (Å²) in [5.74, 6) is -2.57. The maximum absolute atomic E-state index is 13.2. The monoisotopic (exact) mass is 282 g/mol. The quantitative estimate of drug-likeness (QED) is 0.805. The van der Waals surface area contributed by atoms with Gasteiger partial charge in [0.1, 0.15) is 5.54 Å². The average Bonchev–Trinajstić information content (AvgIpc) is 2.76. The molecule has 19 heavy (non-hydrogen) atoms. The van der Waals surface area contributed by atoms with Gasteiger partial charge < -0.3 is 15.3 Å². The molecular formula is C11H17F3N2O3. The molecule has 0 saturated carbocycles. The number of nitrogens with one attached hydrogen (secondary N) is 1. The third-order valence-corrected chi connectivity index (χ3v) is 3.77. The van der Waals surface area contributed by atoms with E-state index in [1.165, 1.54) is 13.8 Å². The molecule has 0 radical (unpaired) electrons. The number of aliphatic carboxylic acids is 1. The molecule has 1 aliphatic heterocycles. The Kier molecular flexibility index (Phi) is 3.86. The van der Waals surface area contributed by atoms with Crippen molar-refractivity contribution in [2.75, 3.05) is 20.1 Å². The van der Waals surface area contributed by atoms with E-state index in [0.717, 1.165) is 7.05 Å². The second kappa shape index (κ2) is 4.66. The predicted molar refractivity (Wildman–Crippen MR) is 60.5 cm³/mol. The fourth-order valence-corrected chi connectivity index (χ4v) is 1.96. The van der Waals surface area contributed by atoms with Gasteiger partial charge in [-0.2, -0.15) is 13.2 Å². The van der Waals surface area contributed by atoms with E-state index in [0.29, 0.717) is 4.90 Å². The number of carboxylic acid groups (broad SMARTS) is 1. The molecule has 2 N–H and O–H groups in total. The maximum Gasteiger partial charge on any atom is 0.404 e. The number of halogens is 3. The van der Waals surface area contributed by atoms with E-state index in [2.05, 4.69) is 5.32 Å². The van der Waals surface area contributed by atoms with Gasteiger partial charge in [0.05, 0.1) is 0 Å². The highest BCUT2D eigenvalue weighted by atomic mass is 19.4. The Bertz CT molecular complexity index is 387. The van der Waals surface area contributed by atoms with E-state index >= 15 is 0 Å². The summed E-state index contributed by atoms with van der Waals surface area (Å²) >= 11 is 0. The first-order valence-electron chi connectivity index (χ1n) is 5.76. The first-order chi connectivity index (χ1) is 8.47. The van der Waals surface area contributed by atoms with E-state index in [-0.39, 0.29) is 13.0 Å². The molecule has 1 amide bonds. The molecule has 0 spiro atoms. The number of hydrogen-bond acceptors (Lipinski definition) is 3. The largest absolute Gasteiger partial charge is 0.480 e. The number of rotatable bonds is 3. The van der Waals surface area contributed by atoms with Gasteiger partial charge in [0.2, 0.25) is 5.91 Å². The molecule has 1 rings (SSSR count). The summed E-state index contributed by atoms with van der Waals surface area (Å²) < 4.78 is 39.5. The topological polar surface area (TPSA) is 69.6 Å². The van der Waals surface area contributed by atoms with Gasteiger partial charge in [0.25, 0.3) is 0 Å². The molecule has 0 aromatic heterocycles. The summed E-state index contributed by atoms with van der Waals surface area (Å²) in [7, 11) is 1.09. The molecule has 8 heteroatoms. The van der Waals surface area contributed by atoms with Crippen molar-refractivity contribution in [2.45, 2.75) is 32.0 Å². The van der Waals surface area contributed by atoms with Gasteiger partial charge in [-0.05, 0) is 26.8 Å². The third-order valence-electron chi connectivity index (χ3n) is 3.77. The van der Waals surface area contributed by atoms with Crippen LogP contribution in [0.5, 0.6) is 0 Å². The van der Waals surface area contributed by atoms with Crippen molar-refractivity contribution >= 4 is 11.9 Å². The lowest BCUT2D eigenvalue weighted by Crippen LogP contribution is -2.59. The Hall–Kier alpha value is -1.31. The van der Waals surface area contributed by atoms with Gasteiger partial charge in [-0.25, -0.2) is 4.79 Å². The summed E-state index contributed by atoms with van der Waals surface area (Å²) in [6, 6.07) is 0. The number of carbonyl (C=O) groups excluding carboxylic acids is 1. The molecule has 110 valence electrons. The number of amides is 1. The second-order valence-corrected chi connectivity index (χ2v) is 5.23. The van der Waals surface area contributed by atoms with Crippen LogP contribution in [0.2, 0.25) is 0 Å². The van der Waals surface area contributed by atoms with E-state index in [4.69, 9.17) is 5.11 Å². The lowest BCUT2D eigenvalue weighted by Gasteiger charge is -2.39. The van der Waals surface area contributed by atoms with Gasteiger partial charge in [-0.3, -0.25) is 4.79 Å². The van der Waals surface area contributed by atoms with Crippen molar-refractivity contribution in [1.82, 2.24) is 10.2 Å². The van der Waals surface area contributed by atoms with Crippen molar-refractivity contribution in [3.05, 3.63) is 0 Å². The van der Waals surface area contributed by atoms with Crippen molar-refractivity contribution in [3.8, 4) is 0 Å². The summed E-state index contributed by atoms with van der Waals surface area (Å²) in [6.07, 6.45) is -5.09. The van der Waals surface area contributed by atoms with Crippen molar-refractivity contribution in [2.24, 2.45) is 5.41 Å². The van der Waals surface area contributed by atoms with E-state index in [1.54, 1.807) is 0 Å². The van der Waals surface area contributed by atoms with Gasteiger partial charge in [-0.1, -0.05) is 0 Å². The molecule has 0 aromatic carbocycles. The molecule has 1 saturated heterocycles. The van der Waals surface area contributed by atoms with Crippen LogP contribution in [-0.4, -0.2) is 53.7 Å². The van der Waals surface area contributed by atoms with Crippen LogP contribution in [0.15, 0.2) is 0 Å². The van der Waals surface area contributed by atoms with Crippen LogP contribution in [0.25, 0.3) is 0 Å². The minimum absolute atomic E-state index is 0.0760. The Balaban J connectivity index is 3.13. The third kappa shape index (κ3) is 2.41. The van der Waals surface area contributed by atoms with Crippen molar-refractivity contribution in [1.29, 1.82) is 0 Å². The summed E-state index contributed by atoms with van der Waals surface area (Å²) in [6.45, 7) is 1.95. The highest BCUT2D eigenvalue weighted by Crippen LogP contribution is 2.45. The Labute approximate surface area is 108 Å². The molecule has 0 aromatic rings. The smallest absolute Gasteiger partial charge is 0.404 e. The van der Waals surface area contributed by atoms with Gasteiger partial charge in [-0.15, -0.1) is 0 Å². The zero-order valence-corrected chi connectivity index (χ0v) is 11.0. The van der Waals surface area contributed by atoms with E-state index < -0.39 is 35.6 Å². The van der Waals surface area contributed by atoms with Crippen LogP contribution in [-0.2, 0) is 9.59 Å². The van der Waals surface area contributed by atoms with Crippen LogP contribution in [0, 0.1) is 5.41 Å². The Morgan fingerprint density at radius 1 is 1.32 bits per heavy atom. The highest BCUT2D eigenvalue weighted by molar-refractivity contribution is 5.90. The highest BCUT2D eigenvalue weighted by Gasteiger charge is 2.63. The first kappa shape index (κ1) is 15.7. The summed E-state index contributed by atoms with van der Waals surface area (Å²) in [4.78, 5) is 23.9. The average molecular weight is 282 g/mol. The van der Waals surface area contributed by atoms with Crippen LogP contribution in [0.3, 0.4) is 0 Å². The number of alkyl halides is 3. The fraction of sp³-hybridized carbons (Fsp3) is 0.818. The number of nitrogens with zero attached hydrogens (tertiary/aromatic N) is 1. The molecule has 1 aliphatic rings. The number of carbonyl (C=O) groups is 2. The lowest BCUT2D eigenvalue weighted by atomic mass is 9.83. The summed E-state index contributed by atoms with van der Waals surface area (Å²) in [5, 5.41) is 11.5. The number of carboxylic acids is 1. The summed E-state index contributed by atoms with van der Waals surface area (Å²) in [5.41, 5.74) is -4.23. The van der Waals surface area contributed by atoms with Gasteiger partial charge in [0.15, 0.2) is 5.41 Å². The van der Waals surface area contributed by atoms with Gasteiger partial charge >= 0.3 is 12.1 Å². The SMILES string of the molecule is CN(C(=O)C1(C(F)(F)F)CCNC1)C(C)(C)C(=O)O. The van der Waals surface area contributed by atoms with Crippen LogP contribution >= 0.6 is 0 Å². The van der Waals surface area contributed by atoms with Crippen LogP contribution in [0.4, 0.5) is 13.2 Å². The van der Waals surface area contributed by atoms with Crippen molar-refractivity contribution < 1.29 is 27.9 Å². The predicted octanol–water partition coefficient (Wildman–Crippen LogP) is 0.850. The zero-order valence-electron chi connectivity index (χ0n) is 11.0. The number of hydrogen-bond donors (Lipinski definition) is 2. The van der Waals surface area contributed by atoms with E-state index in [1.807, 2.05) is 0 Å². The molecule has 0 bridgehead atoms. The molecule has 5 nitrogen and oxygen atoms in total. The molecule has 0 aliphatic carbocycles. The molecule has 1 fully saturated rings. The Morgan fingerprint density at radius 3 is 2.16 bits per heavy atom. The first-order valence-corrected chi connectivity index (χ1v) is 5.76. The molecule has 1 atom stereocenters. The number of likely N-dealkylation sites (N-methyl/N-ethyl adjacent to an activating group) is 1. The van der Waals surface area contributed by atoms with E-state index in [9.17, 15) is 22.8 Å². The van der Waals surface area contributed by atoms with Crippen LogP contribution < -0.4 is 5.32 Å². The standard InChI is InChI=1S/C11H17F3N2O3/c1-9(2,8(18)19)16(3)7(17)10(11(12,13)14)4-5-15-6-10/h15H,4-6H2,1-3H3,(H,18,19). The molecule has 1 unspecified atom stereocenters. The van der Waals surface area contributed by atoms with Crippen molar-refractivity contribution in [3.63, 3.8) is 0 Å². The Morgan fingerprint density at radius 2 is 1.84 bits per heavy atom. The minimum Gasteiger partial charge on any atom is -0.480 e. The zero-order chi connectivity index (χ0) is 15.1. The maximum atomic E-state index is 13.2. The minimum atomic E-state index is -4.71. The van der Waals surface area contributed by atoms with Crippen LogP contribution in [0.1, 0.15) is 20.3 Å². The molecule has 1 heterocycles. The van der Waals surface area contributed by atoms with Gasteiger partial charge in [0, 0.05) is 13.6 Å². The fourth-order valence-electron chi connectivity index (χ4n) is 1.96. The lowest BCUT2D eigenvalue weighted by molar-refractivity contribution is -0.224. The molecular weight excluding hydrogens is 265 g/mol.